The van der Waals surface area contributed by atoms with E-state index in [9.17, 15) is 0 Å². The molecule has 76 valence electrons. The lowest BCUT2D eigenvalue weighted by atomic mass is 9.96. The van der Waals surface area contributed by atoms with Crippen molar-refractivity contribution in [1.82, 2.24) is 0 Å². The van der Waals surface area contributed by atoms with Gasteiger partial charge in [-0.05, 0) is 18.1 Å². The molecule has 0 aliphatic carbocycles. The maximum Gasteiger partial charge on any atom is 0.142 e. The Kier molecular flexibility index (Phi) is 2.62. The molecule has 0 aromatic heterocycles. The van der Waals surface area contributed by atoms with Crippen LogP contribution in [-0.4, -0.2) is 13.7 Å². The van der Waals surface area contributed by atoms with E-state index in [0.717, 1.165) is 12.3 Å². The zero-order valence-electron chi connectivity index (χ0n) is 8.84. The van der Waals surface area contributed by atoms with Crippen LogP contribution >= 0.6 is 0 Å². The minimum Gasteiger partial charge on any atom is -0.495 e. The second-order valence-corrected chi connectivity index (χ2v) is 3.79. The van der Waals surface area contributed by atoms with Crippen molar-refractivity contribution in [2.24, 2.45) is 0 Å². The van der Waals surface area contributed by atoms with Crippen LogP contribution in [0.25, 0.3) is 0 Å². The number of fused-ring (bicyclic) bond motifs is 1. The lowest BCUT2D eigenvalue weighted by Gasteiger charge is -2.09. The topological polar surface area (TPSA) is 21.3 Å². The molecule has 0 radical (unpaired) electrons. The van der Waals surface area contributed by atoms with Crippen LogP contribution in [0, 0.1) is 0 Å². The van der Waals surface area contributed by atoms with E-state index in [0.29, 0.717) is 5.92 Å². The van der Waals surface area contributed by atoms with Gasteiger partial charge in [0.05, 0.1) is 12.8 Å². The van der Waals surface area contributed by atoms with Crippen LogP contribution in [0.1, 0.15) is 31.2 Å². The highest BCUT2D eigenvalue weighted by atomic mass is 16.5. The molecule has 1 aromatic carbocycles. The Morgan fingerprint density at radius 2 is 2.36 bits per heavy atom. The van der Waals surface area contributed by atoms with Crippen molar-refractivity contribution in [1.29, 1.82) is 0 Å². The summed E-state index contributed by atoms with van der Waals surface area (Å²) in [7, 11) is 1.73. The zero-order chi connectivity index (χ0) is 9.97. The highest BCUT2D eigenvalue weighted by Gasteiger charge is 2.23. The molecule has 0 saturated carbocycles. The number of nitrogens with one attached hydrogen (secondary N) is 1. The lowest BCUT2D eigenvalue weighted by molar-refractivity contribution is 0.416. The monoisotopic (exact) mass is 191 g/mol. The number of ether oxygens (including phenoxy) is 1. The van der Waals surface area contributed by atoms with Crippen molar-refractivity contribution >= 4 is 5.69 Å². The summed E-state index contributed by atoms with van der Waals surface area (Å²) in [6, 6.07) is 6.30. The molecule has 1 unspecified atom stereocenters. The normalized spacial score (nSPS) is 18.9. The molecule has 1 heterocycles. The molecule has 1 aromatic rings. The van der Waals surface area contributed by atoms with Crippen LogP contribution in [0.15, 0.2) is 18.2 Å². The van der Waals surface area contributed by atoms with Crippen LogP contribution in [0.3, 0.4) is 0 Å². The molecule has 1 atom stereocenters. The number of rotatable bonds is 3. The zero-order valence-corrected chi connectivity index (χ0v) is 8.84. The van der Waals surface area contributed by atoms with Gasteiger partial charge in [0.1, 0.15) is 5.75 Å². The fourth-order valence-corrected chi connectivity index (χ4v) is 2.19. The first-order valence-corrected chi connectivity index (χ1v) is 5.27. The number of methoxy groups -OCH3 is 1. The van der Waals surface area contributed by atoms with Gasteiger partial charge in [0, 0.05) is 12.5 Å². The van der Waals surface area contributed by atoms with E-state index in [1.807, 2.05) is 6.07 Å². The van der Waals surface area contributed by atoms with Gasteiger partial charge >= 0.3 is 0 Å². The summed E-state index contributed by atoms with van der Waals surface area (Å²) in [5, 5.41) is 3.43. The maximum absolute atomic E-state index is 5.32. The summed E-state index contributed by atoms with van der Waals surface area (Å²) in [6.45, 7) is 3.29. The highest BCUT2D eigenvalue weighted by Crippen LogP contribution is 2.40. The van der Waals surface area contributed by atoms with Crippen LogP contribution in [0.2, 0.25) is 0 Å². The third-order valence-corrected chi connectivity index (χ3v) is 2.88. The molecule has 1 aliphatic rings. The molecule has 0 fully saturated rings. The number of benzene rings is 1. The molecule has 2 nitrogen and oxygen atoms in total. The van der Waals surface area contributed by atoms with Crippen molar-refractivity contribution in [3.05, 3.63) is 23.8 Å². The first-order chi connectivity index (χ1) is 6.86. The molecule has 1 N–H and O–H groups in total. The average Bonchev–Trinajstić information content (AvgIpc) is 2.62. The second-order valence-electron chi connectivity index (χ2n) is 3.79. The van der Waals surface area contributed by atoms with Crippen LogP contribution in [-0.2, 0) is 0 Å². The fourth-order valence-electron chi connectivity index (χ4n) is 2.19. The SMILES string of the molecule is CCCC1CNc2c(OC)cccc21. The van der Waals surface area contributed by atoms with Crippen LogP contribution in [0.5, 0.6) is 5.75 Å². The molecule has 1 aliphatic heterocycles. The summed E-state index contributed by atoms with van der Waals surface area (Å²) in [5.41, 5.74) is 2.62. The predicted molar refractivity (Wildman–Crippen MR) is 59.1 cm³/mol. The molecule has 0 amide bonds. The van der Waals surface area contributed by atoms with Gasteiger partial charge in [0.25, 0.3) is 0 Å². The van der Waals surface area contributed by atoms with Gasteiger partial charge in [0.15, 0.2) is 0 Å². The van der Waals surface area contributed by atoms with Crippen LogP contribution < -0.4 is 10.1 Å². The van der Waals surface area contributed by atoms with E-state index >= 15 is 0 Å². The molecular formula is C12H17NO. The number of para-hydroxylation sites is 1. The summed E-state index contributed by atoms with van der Waals surface area (Å²) >= 11 is 0. The average molecular weight is 191 g/mol. The predicted octanol–water partition coefficient (Wildman–Crippen LogP) is 3.00. The van der Waals surface area contributed by atoms with Gasteiger partial charge < -0.3 is 10.1 Å². The second kappa shape index (κ2) is 3.91. The summed E-state index contributed by atoms with van der Waals surface area (Å²) in [5.74, 6) is 1.64. The number of hydrogen-bond donors (Lipinski definition) is 1. The van der Waals surface area contributed by atoms with E-state index in [1.165, 1.54) is 24.1 Å². The molecular weight excluding hydrogens is 174 g/mol. The minimum absolute atomic E-state index is 0.671. The standard InChI is InChI=1S/C12H17NO/c1-3-5-9-8-13-12-10(9)6-4-7-11(12)14-2/h4,6-7,9,13H,3,5,8H2,1-2H3. The summed E-state index contributed by atoms with van der Waals surface area (Å²) in [6.07, 6.45) is 2.50. The van der Waals surface area contributed by atoms with Crippen molar-refractivity contribution < 1.29 is 4.74 Å². The molecule has 2 heteroatoms. The van der Waals surface area contributed by atoms with Gasteiger partial charge in [-0.15, -0.1) is 0 Å². The quantitative estimate of drug-likeness (QED) is 0.793. The van der Waals surface area contributed by atoms with Gasteiger partial charge in [-0.2, -0.15) is 0 Å². The first kappa shape index (κ1) is 9.38. The van der Waals surface area contributed by atoms with E-state index in [4.69, 9.17) is 4.74 Å². The number of hydrogen-bond acceptors (Lipinski definition) is 2. The van der Waals surface area contributed by atoms with Gasteiger partial charge in [0.2, 0.25) is 0 Å². The Morgan fingerprint density at radius 1 is 1.50 bits per heavy atom. The Labute approximate surface area is 85.3 Å². The summed E-state index contributed by atoms with van der Waals surface area (Å²) in [4.78, 5) is 0. The third-order valence-electron chi connectivity index (χ3n) is 2.88. The highest BCUT2D eigenvalue weighted by molar-refractivity contribution is 5.66. The van der Waals surface area contributed by atoms with Gasteiger partial charge in [-0.3, -0.25) is 0 Å². The Hall–Kier alpha value is -1.18. The van der Waals surface area contributed by atoms with E-state index in [1.54, 1.807) is 7.11 Å². The van der Waals surface area contributed by atoms with Crippen LogP contribution in [0.4, 0.5) is 5.69 Å². The van der Waals surface area contributed by atoms with Crippen molar-refractivity contribution in [2.45, 2.75) is 25.7 Å². The molecule has 0 saturated heterocycles. The fraction of sp³-hybridized carbons (Fsp3) is 0.500. The Balaban J connectivity index is 2.31. The first-order valence-electron chi connectivity index (χ1n) is 5.27. The Bertz CT molecular complexity index is 322. The van der Waals surface area contributed by atoms with E-state index in [-0.39, 0.29) is 0 Å². The lowest BCUT2D eigenvalue weighted by Crippen LogP contribution is -2.00. The Morgan fingerprint density at radius 3 is 3.07 bits per heavy atom. The maximum atomic E-state index is 5.32. The molecule has 0 spiro atoms. The molecule has 0 bridgehead atoms. The smallest absolute Gasteiger partial charge is 0.142 e. The van der Waals surface area contributed by atoms with Crippen molar-refractivity contribution in [2.75, 3.05) is 19.0 Å². The number of anilines is 1. The van der Waals surface area contributed by atoms with Gasteiger partial charge in [-0.1, -0.05) is 25.5 Å². The minimum atomic E-state index is 0.671. The summed E-state index contributed by atoms with van der Waals surface area (Å²) < 4.78 is 5.32. The third kappa shape index (κ3) is 1.45. The largest absolute Gasteiger partial charge is 0.495 e. The van der Waals surface area contributed by atoms with Crippen molar-refractivity contribution in [3.63, 3.8) is 0 Å². The van der Waals surface area contributed by atoms with Crippen molar-refractivity contribution in [3.8, 4) is 5.75 Å². The van der Waals surface area contributed by atoms with E-state index in [2.05, 4.69) is 24.4 Å². The van der Waals surface area contributed by atoms with E-state index < -0.39 is 0 Å². The molecule has 14 heavy (non-hydrogen) atoms. The van der Waals surface area contributed by atoms with Gasteiger partial charge in [-0.25, -0.2) is 0 Å². The molecule has 2 rings (SSSR count).